The Hall–Kier alpha value is -4.42. The SMILES string of the molecule is CCOc1ccc([C@H]2C(C(=O)OC)=CN=c3s/c(=C\c4cc(Br)c(OCc5ccccc5F)c(OCC)c4)c(=O)n32)cc1OCC. The van der Waals surface area contributed by atoms with Crippen molar-refractivity contribution >= 4 is 39.3 Å². The van der Waals surface area contributed by atoms with Gasteiger partial charge in [-0.15, -0.1) is 0 Å². The molecule has 0 radical (unpaired) electrons. The number of methoxy groups -OCH3 is 1. The van der Waals surface area contributed by atoms with Crippen LogP contribution in [-0.4, -0.2) is 37.5 Å². The minimum atomic E-state index is -0.819. The number of nitrogens with zero attached hydrogens (tertiary/aromatic N) is 2. The van der Waals surface area contributed by atoms with Gasteiger partial charge in [0.25, 0.3) is 5.56 Å². The third kappa shape index (κ3) is 6.87. The van der Waals surface area contributed by atoms with Crippen LogP contribution in [0.5, 0.6) is 23.0 Å². The Bertz CT molecular complexity index is 1970. The Morgan fingerprint density at radius 1 is 0.978 bits per heavy atom. The van der Waals surface area contributed by atoms with Crippen LogP contribution in [0.25, 0.3) is 6.08 Å². The quantitative estimate of drug-likeness (QED) is 0.174. The molecule has 2 heterocycles. The van der Waals surface area contributed by atoms with Crippen LogP contribution >= 0.6 is 27.3 Å². The molecule has 9 nitrogen and oxygen atoms in total. The molecule has 1 aliphatic heterocycles. The maximum Gasteiger partial charge on any atom is 0.337 e. The molecule has 0 saturated heterocycles. The number of fused-ring (bicyclic) bond motifs is 1. The highest BCUT2D eigenvalue weighted by molar-refractivity contribution is 9.10. The number of hydrogen-bond acceptors (Lipinski definition) is 9. The van der Waals surface area contributed by atoms with Crippen LogP contribution in [0.3, 0.4) is 0 Å². The summed E-state index contributed by atoms with van der Waals surface area (Å²) in [6, 6.07) is 14.4. The van der Waals surface area contributed by atoms with Crippen LogP contribution < -0.4 is 33.8 Å². The topological polar surface area (TPSA) is 97.6 Å². The largest absolute Gasteiger partial charge is 0.490 e. The first-order valence-electron chi connectivity index (χ1n) is 14.6. The number of esters is 1. The molecule has 5 rings (SSSR count). The van der Waals surface area contributed by atoms with Gasteiger partial charge < -0.3 is 23.7 Å². The number of aromatic nitrogens is 1. The van der Waals surface area contributed by atoms with Crippen LogP contribution in [0, 0.1) is 5.82 Å². The molecule has 0 N–H and O–H groups in total. The van der Waals surface area contributed by atoms with Crippen molar-refractivity contribution in [2.45, 2.75) is 33.4 Å². The summed E-state index contributed by atoms with van der Waals surface area (Å²) < 4.78 is 45.1. The van der Waals surface area contributed by atoms with Crippen LogP contribution in [0.4, 0.5) is 4.39 Å². The Morgan fingerprint density at radius 2 is 1.70 bits per heavy atom. The van der Waals surface area contributed by atoms with Gasteiger partial charge in [0.05, 0.1) is 47.6 Å². The number of ether oxygens (including phenoxy) is 5. The van der Waals surface area contributed by atoms with Crippen molar-refractivity contribution in [3.8, 4) is 23.0 Å². The minimum absolute atomic E-state index is 0.00236. The van der Waals surface area contributed by atoms with Gasteiger partial charge in [-0.25, -0.2) is 14.2 Å². The molecule has 0 fully saturated rings. The zero-order valence-corrected chi connectivity index (χ0v) is 28.1. The van der Waals surface area contributed by atoms with Crippen LogP contribution in [0.1, 0.15) is 43.5 Å². The predicted molar refractivity (Wildman–Crippen MR) is 176 cm³/mol. The van der Waals surface area contributed by atoms with Gasteiger partial charge in [0.2, 0.25) is 0 Å². The molecule has 0 unspecified atom stereocenters. The van der Waals surface area contributed by atoms with E-state index in [-0.39, 0.29) is 23.6 Å². The first kappa shape index (κ1) is 33.0. The fourth-order valence-electron chi connectivity index (χ4n) is 4.98. The van der Waals surface area contributed by atoms with Crippen molar-refractivity contribution in [2.75, 3.05) is 26.9 Å². The normalized spacial score (nSPS) is 14.2. The van der Waals surface area contributed by atoms with Crippen molar-refractivity contribution in [2.24, 2.45) is 4.99 Å². The van der Waals surface area contributed by atoms with E-state index >= 15 is 0 Å². The van der Waals surface area contributed by atoms with Crippen LogP contribution in [-0.2, 0) is 16.1 Å². The van der Waals surface area contributed by atoms with E-state index in [1.54, 1.807) is 54.6 Å². The van der Waals surface area contributed by atoms with Gasteiger partial charge in [0.1, 0.15) is 12.4 Å². The lowest BCUT2D eigenvalue weighted by Crippen LogP contribution is -2.39. The maximum absolute atomic E-state index is 14.2. The summed E-state index contributed by atoms with van der Waals surface area (Å²) in [5.74, 6) is 0.919. The molecule has 1 aliphatic rings. The van der Waals surface area contributed by atoms with Gasteiger partial charge in [-0.3, -0.25) is 9.36 Å². The molecule has 0 aliphatic carbocycles. The second kappa shape index (κ2) is 14.8. The lowest BCUT2D eigenvalue weighted by molar-refractivity contribution is -0.136. The average Bonchev–Trinajstić information content (AvgIpc) is 3.36. The molecule has 0 spiro atoms. The zero-order valence-electron chi connectivity index (χ0n) is 25.7. The highest BCUT2D eigenvalue weighted by Crippen LogP contribution is 2.38. The Balaban J connectivity index is 1.58. The molecule has 0 bridgehead atoms. The summed E-state index contributed by atoms with van der Waals surface area (Å²) in [5, 5.41) is 0. The van der Waals surface area contributed by atoms with Gasteiger partial charge in [-0.1, -0.05) is 35.6 Å². The van der Waals surface area contributed by atoms with Crippen molar-refractivity contribution in [1.82, 2.24) is 4.57 Å². The summed E-state index contributed by atoms with van der Waals surface area (Å²) in [6.07, 6.45) is 3.16. The Labute approximate surface area is 277 Å². The summed E-state index contributed by atoms with van der Waals surface area (Å²) in [5.41, 5.74) is 1.55. The van der Waals surface area contributed by atoms with Gasteiger partial charge in [-0.05, 0) is 84.2 Å². The third-order valence-corrected chi connectivity index (χ3v) is 8.55. The number of carbonyl (C=O) groups excluding carboxylic acids is 1. The molecule has 0 saturated carbocycles. The molecule has 0 amide bonds. The predicted octanol–water partition coefficient (Wildman–Crippen LogP) is 5.69. The lowest BCUT2D eigenvalue weighted by atomic mass is 9.97. The second-order valence-electron chi connectivity index (χ2n) is 9.89. The first-order valence-corrected chi connectivity index (χ1v) is 16.2. The van der Waals surface area contributed by atoms with Crippen molar-refractivity contribution in [1.29, 1.82) is 0 Å². The molecule has 4 aromatic rings. The number of hydrogen-bond donors (Lipinski definition) is 0. The van der Waals surface area contributed by atoms with E-state index in [9.17, 15) is 14.0 Å². The van der Waals surface area contributed by atoms with Crippen LogP contribution in [0.15, 0.2) is 80.6 Å². The molecular weight excluding hydrogens is 679 g/mol. The Kier molecular flexibility index (Phi) is 10.6. The number of rotatable bonds is 12. The molecular formula is C34H32BrFN2O7S. The fraction of sp³-hybridized carbons (Fsp3) is 0.265. The standard InChI is InChI=1S/C34H32BrFN2O7S/c1-5-42-26-13-12-21(17-27(26)43-6-2)30-23(33(40)41-4)18-37-34-38(30)32(39)29(46-34)16-20-14-24(35)31(28(15-20)44-7-3)45-19-22-10-8-9-11-25(22)36/h8-18,30H,5-7,19H2,1-4H3/b29-16-/t30-/m0/s1. The number of halogens is 2. The highest BCUT2D eigenvalue weighted by atomic mass is 79.9. The smallest absolute Gasteiger partial charge is 0.337 e. The first-order chi connectivity index (χ1) is 22.3. The number of carbonyl (C=O) groups is 1. The van der Waals surface area contributed by atoms with Crippen molar-refractivity contribution in [3.63, 3.8) is 0 Å². The van der Waals surface area contributed by atoms with Gasteiger partial charge in [0, 0.05) is 11.8 Å². The molecule has 1 aromatic heterocycles. The van der Waals surface area contributed by atoms with Crippen molar-refractivity contribution < 1.29 is 32.9 Å². The van der Waals surface area contributed by atoms with E-state index in [1.807, 2.05) is 20.8 Å². The maximum atomic E-state index is 14.2. The lowest BCUT2D eigenvalue weighted by Gasteiger charge is -2.23. The monoisotopic (exact) mass is 710 g/mol. The van der Waals surface area contributed by atoms with Gasteiger partial charge in [-0.2, -0.15) is 0 Å². The summed E-state index contributed by atoms with van der Waals surface area (Å²) in [7, 11) is 1.28. The summed E-state index contributed by atoms with van der Waals surface area (Å²) in [6.45, 7) is 6.79. The number of thiazole rings is 1. The molecule has 12 heteroatoms. The highest BCUT2D eigenvalue weighted by Gasteiger charge is 2.31. The van der Waals surface area contributed by atoms with E-state index in [0.717, 1.165) is 0 Å². The summed E-state index contributed by atoms with van der Waals surface area (Å²) in [4.78, 5) is 31.8. The van der Waals surface area contributed by atoms with E-state index in [2.05, 4.69) is 20.9 Å². The molecule has 46 heavy (non-hydrogen) atoms. The minimum Gasteiger partial charge on any atom is -0.490 e. The molecule has 1 atom stereocenters. The Morgan fingerprint density at radius 3 is 2.41 bits per heavy atom. The summed E-state index contributed by atoms with van der Waals surface area (Å²) >= 11 is 4.75. The van der Waals surface area contributed by atoms with Gasteiger partial charge in [0.15, 0.2) is 27.8 Å². The third-order valence-electron chi connectivity index (χ3n) is 6.97. The van der Waals surface area contributed by atoms with E-state index in [4.69, 9.17) is 23.7 Å². The molecule has 240 valence electrons. The van der Waals surface area contributed by atoms with Gasteiger partial charge >= 0.3 is 5.97 Å². The van der Waals surface area contributed by atoms with Crippen molar-refractivity contribution in [3.05, 3.63) is 113 Å². The number of benzene rings is 3. The second-order valence-corrected chi connectivity index (χ2v) is 11.8. The van der Waals surface area contributed by atoms with E-state index in [0.29, 0.717) is 73.3 Å². The fourth-order valence-corrected chi connectivity index (χ4v) is 6.52. The average molecular weight is 712 g/mol. The van der Waals surface area contributed by atoms with E-state index in [1.165, 1.54) is 35.3 Å². The molecule has 3 aromatic carbocycles. The van der Waals surface area contributed by atoms with E-state index < -0.39 is 12.0 Å². The zero-order chi connectivity index (χ0) is 32.8. The van der Waals surface area contributed by atoms with Crippen LogP contribution in [0.2, 0.25) is 0 Å².